The van der Waals surface area contributed by atoms with Gasteiger partial charge in [-0.15, -0.1) is 0 Å². The van der Waals surface area contributed by atoms with E-state index in [1.54, 1.807) is 4.68 Å². The predicted octanol–water partition coefficient (Wildman–Crippen LogP) is 2.29. The number of fused-ring (bicyclic) bond motifs is 1. The van der Waals surface area contributed by atoms with E-state index in [0.717, 1.165) is 33.5 Å². The smallest absolute Gasteiger partial charge is 0.303 e. The summed E-state index contributed by atoms with van der Waals surface area (Å²) in [5.74, 6) is -0.810. The quantitative estimate of drug-likeness (QED) is 0.910. The van der Waals surface area contributed by atoms with Gasteiger partial charge >= 0.3 is 5.97 Å². The van der Waals surface area contributed by atoms with Gasteiger partial charge in [-0.2, -0.15) is 10.4 Å². The molecule has 6 heteroatoms. The van der Waals surface area contributed by atoms with Crippen molar-refractivity contribution in [2.45, 2.75) is 46.6 Å². The molecule has 0 atom stereocenters. The summed E-state index contributed by atoms with van der Waals surface area (Å²) in [6.45, 7) is 6.30. The van der Waals surface area contributed by atoms with Crippen molar-refractivity contribution in [3.05, 3.63) is 22.5 Å². The van der Waals surface area contributed by atoms with Gasteiger partial charge in [-0.25, -0.2) is 9.67 Å². The molecule has 2 aromatic rings. The Labute approximate surface area is 123 Å². The van der Waals surface area contributed by atoms with Crippen LogP contribution in [0, 0.1) is 32.1 Å². The van der Waals surface area contributed by atoms with Crippen LogP contribution in [0.3, 0.4) is 0 Å². The number of pyridine rings is 1. The Morgan fingerprint density at radius 1 is 1.33 bits per heavy atom. The van der Waals surface area contributed by atoms with Crippen molar-refractivity contribution in [2.24, 2.45) is 0 Å². The van der Waals surface area contributed by atoms with Crippen LogP contribution in [0.15, 0.2) is 0 Å². The summed E-state index contributed by atoms with van der Waals surface area (Å²) in [6, 6.07) is 2.11. The van der Waals surface area contributed by atoms with E-state index >= 15 is 0 Å². The molecule has 110 valence electrons. The van der Waals surface area contributed by atoms with Crippen molar-refractivity contribution in [2.75, 3.05) is 0 Å². The maximum Gasteiger partial charge on any atom is 0.303 e. The van der Waals surface area contributed by atoms with Crippen LogP contribution in [-0.2, 0) is 17.8 Å². The molecule has 6 nitrogen and oxygen atoms in total. The fourth-order valence-electron chi connectivity index (χ4n) is 2.68. The summed E-state index contributed by atoms with van der Waals surface area (Å²) in [5, 5.41) is 23.0. The summed E-state index contributed by atoms with van der Waals surface area (Å²) in [7, 11) is 0. The van der Waals surface area contributed by atoms with Crippen molar-refractivity contribution >= 4 is 17.0 Å². The molecular formula is C15H18N4O2. The fraction of sp³-hybridized carbons (Fsp3) is 0.467. The monoisotopic (exact) mass is 286 g/mol. The van der Waals surface area contributed by atoms with Crippen molar-refractivity contribution in [1.82, 2.24) is 14.8 Å². The molecule has 0 aliphatic carbocycles. The lowest BCUT2D eigenvalue weighted by Gasteiger charge is -2.10. The van der Waals surface area contributed by atoms with Gasteiger partial charge in [0.1, 0.15) is 0 Å². The third-order valence-electron chi connectivity index (χ3n) is 3.66. The third kappa shape index (κ3) is 2.87. The van der Waals surface area contributed by atoms with E-state index in [1.165, 1.54) is 0 Å². The minimum Gasteiger partial charge on any atom is -0.481 e. The second-order valence-corrected chi connectivity index (χ2v) is 5.11. The predicted molar refractivity (Wildman–Crippen MR) is 77.9 cm³/mol. The molecule has 0 aliphatic rings. The molecule has 0 spiro atoms. The second kappa shape index (κ2) is 5.92. The first-order valence-electron chi connectivity index (χ1n) is 6.87. The van der Waals surface area contributed by atoms with Gasteiger partial charge in [0.05, 0.1) is 24.7 Å². The first kappa shape index (κ1) is 15.0. The summed E-state index contributed by atoms with van der Waals surface area (Å²) in [5.41, 5.74) is 4.49. The van der Waals surface area contributed by atoms with Crippen LogP contribution in [0.5, 0.6) is 0 Å². The van der Waals surface area contributed by atoms with E-state index in [4.69, 9.17) is 10.4 Å². The van der Waals surface area contributed by atoms with Gasteiger partial charge in [0.25, 0.3) is 0 Å². The first-order valence-corrected chi connectivity index (χ1v) is 6.87. The molecule has 2 rings (SSSR count). The highest BCUT2D eigenvalue weighted by Gasteiger charge is 2.16. The average Bonchev–Trinajstić information content (AvgIpc) is 2.72. The van der Waals surface area contributed by atoms with Gasteiger partial charge < -0.3 is 5.11 Å². The van der Waals surface area contributed by atoms with Crippen LogP contribution in [0.2, 0.25) is 0 Å². The molecule has 0 saturated carbocycles. The Balaban J connectivity index is 2.54. The third-order valence-corrected chi connectivity index (χ3v) is 3.66. The second-order valence-electron chi connectivity index (χ2n) is 5.11. The first-order chi connectivity index (χ1) is 9.95. The number of rotatable bonds is 5. The number of nitrogens with zero attached hydrogens (tertiary/aromatic N) is 4. The van der Waals surface area contributed by atoms with Crippen molar-refractivity contribution < 1.29 is 9.90 Å². The highest BCUT2D eigenvalue weighted by atomic mass is 16.4. The normalized spacial score (nSPS) is 10.8. The lowest BCUT2D eigenvalue weighted by Crippen LogP contribution is -2.05. The summed E-state index contributed by atoms with van der Waals surface area (Å²) in [4.78, 5) is 15.4. The molecule has 2 aromatic heterocycles. The van der Waals surface area contributed by atoms with Crippen LogP contribution in [0.25, 0.3) is 11.0 Å². The van der Waals surface area contributed by atoms with Crippen molar-refractivity contribution in [3.63, 3.8) is 0 Å². The molecule has 0 aliphatic heterocycles. The average molecular weight is 286 g/mol. The maximum absolute atomic E-state index is 10.8. The number of carbonyl (C=O) groups is 1. The number of aromatic nitrogens is 3. The fourth-order valence-corrected chi connectivity index (χ4v) is 2.68. The highest BCUT2D eigenvalue weighted by Crippen LogP contribution is 2.26. The minimum atomic E-state index is -0.810. The topological polar surface area (TPSA) is 91.8 Å². The molecule has 0 unspecified atom stereocenters. The summed E-state index contributed by atoms with van der Waals surface area (Å²) < 4.78 is 1.76. The Morgan fingerprint density at radius 3 is 2.67 bits per heavy atom. The number of carboxylic acid groups (broad SMARTS) is 1. The van der Waals surface area contributed by atoms with Gasteiger partial charge in [0.15, 0.2) is 5.65 Å². The van der Waals surface area contributed by atoms with E-state index < -0.39 is 5.97 Å². The number of aliphatic carboxylic acids is 1. The SMILES string of the molecule is Cc1nc2c(c(C)nn2CCC#N)c(C)c1CCC(=O)O. The molecule has 0 aromatic carbocycles. The van der Waals surface area contributed by atoms with E-state index in [0.29, 0.717) is 19.4 Å². The lowest BCUT2D eigenvalue weighted by atomic mass is 9.99. The van der Waals surface area contributed by atoms with Crippen LogP contribution in [0.1, 0.15) is 35.4 Å². The molecule has 0 amide bonds. The maximum atomic E-state index is 10.8. The zero-order chi connectivity index (χ0) is 15.6. The van der Waals surface area contributed by atoms with Gasteiger partial charge in [-0.3, -0.25) is 4.79 Å². The molecular weight excluding hydrogens is 268 g/mol. The van der Waals surface area contributed by atoms with Crippen LogP contribution in [0.4, 0.5) is 0 Å². The van der Waals surface area contributed by atoms with Crippen LogP contribution < -0.4 is 0 Å². The minimum absolute atomic E-state index is 0.0937. The standard InChI is InChI=1S/C15H18N4O2/c1-9-12(5-6-13(20)21)10(2)17-15-14(9)11(3)18-19(15)8-4-7-16/h4-6,8H2,1-3H3,(H,20,21). The summed E-state index contributed by atoms with van der Waals surface area (Å²) >= 11 is 0. The van der Waals surface area contributed by atoms with Crippen molar-refractivity contribution in [1.29, 1.82) is 5.26 Å². The van der Waals surface area contributed by atoms with E-state index in [2.05, 4.69) is 16.2 Å². The Bertz CT molecular complexity index is 740. The Kier molecular flexibility index (Phi) is 4.22. The lowest BCUT2D eigenvalue weighted by molar-refractivity contribution is -0.136. The molecule has 0 fully saturated rings. The highest BCUT2D eigenvalue weighted by molar-refractivity contribution is 5.83. The van der Waals surface area contributed by atoms with Gasteiger partial charge in [-0.05, 0) is 38.3 Å². The van der Waals surface area contributed by atoms with Crippen LogP contribution >= 0.6 is 0 Å². The molecule has 0 radical (unpaired) electrons. The van der Waals surface area contributed by atoms with E-state index in [-0.39, 0.29) is 6.42 Å². The number of hydrogen-bond acceptors (Lipinski definition) is 4. The van der Waals surface area contributed by atoms with E-state index in [1.807, 2.05) is 20.8 Å². The molecule has 2 heterocycles. The Hall–Kier alpha value is -2.42. The number of aryl methyl sites for hydroxylation is 4. The number of hydrogen-bond donors (Lipinski definition) is 1. The zero-order valence-electron chi connectivity index (χ0n) is 12.5. The van der Waals surface area contributed by atoms with Crippen LogP contribution in [-0.4, -0.2) is 25.8 Å². The Morgan fingerprint density at radius 2 is 2.05 bits per heavy atom. The number of nitriles is 1. The molecule has 0 bridgehead atoms. The zero-order valence-corrected chi connectivity index (χ0v) is 12.5. The van der Waals surface area contributed by atoms with Crippen molar-refractivity contribution in [3.8, 4) is 6.07 Å². The molecule has 21 heavy (non-hydrogen) atoms. The van der Waals surface area contributed by atoms with Gasteiger partial charge in [0, 0.05) is 17.5 Å². The molecule has 1 N–H and O–H groups in total. The van der Waals surface area contributed by atoms with Gasteiger partial charge in [0.2, 0.25) is 0 Å². The number of carboxylic acids is 1. The van der Waals surface area contributed by atoms with E-state index in [9.17, 15) is 4.79 Å². The van der Waals surface area contributed by atoms with Gasteiger partial charge in [-0.1, -0.05) is 0 Å². The largest absolute Gasteiger partial charge is 0.481 e. The molecule has 0 saturated heterocycles. The summed E-state index contributed by atoms with van der Waals surface area (Å²) in [6.07, 6.45) is 0.950.